The van der Waals surface area contributed by atoms with Crippen molar-refractivity contribution in [2.24, 2.45) is 0 Å². The molecule has 1 heterocycles. The molecule has 27 heavy (non-hydrogen) atoms. The first-order chi connectivity index (χ1) is 12.9. The van der Waals surface area contributed by atoms with E-state index >= 15 is 0 Å². The Kier molecular flexibility index (Phi) is 7.79. The molecule has 0 saturated carbocycles. The quantitative estimate of drug-likeness (QED) is 0.537. The normalized spacial score (nSPS) is 13.1. The molecule has 4 N–H and O–H groups in total. The smallest absolute Gasteiger partial charge is 0.262 e. The zero-order chi connectivity index (χ0) is 20.0. The van der Waals surface area contributed by atoms with E-state index in [1.165, 1.54) is 0 Å². The van der Waals surface area contributed by atoms with Crippen LogP contribution in [0.3, 0.4) is 0 Å². The van der Waals surface area contributed by atoms with E-state index in [9.17, 15) is 19.8 Å². The van der Waals surface area contributed by atoms with Crippen molar-refractivity contribution < 1.29 is 19.8 Å². The molecule has 2 amide bonds. The van der Waals surface area contributed by atoms with Gasteiger partial charge >= 0.3 is 0 Å². The molecule has 0 spiro atoms. The van der Waals surface area contributed by atoms with Gasteiger partial charge in [0.1, 0.15) is 0 Å². The van der Waals surface area contributed by atoms with Crippen molar-refractivity contribution in [3.8, 4) is 0 Å². The third-order valence-electron chi connectivity index (χ3n) is 4.04. The highest BCUT2D eigenvalue weighted by Gasteiger charge is 2.23. The van der Waals surface area contributed by atoms with Crippen molar-refractivity contribution in [3.63, 3.8) is 0 Å². The number of hydrogen-bond acceptors (Lipinski definition) is 5. The Balaban J connectivity index is 2.10. The highest BCUT2D eigenvalue weighted by molar-refractivity contribution is 7.18. The van der Waals surface area contributed by atoms with Crippen molar-refractivity contribution in [1.82, 2.24) is 5.32 Å². The Bertz CT molecular complexity index is 809. The monoisotopic (exact) mass is 410 g/mol. The molecule has 0 aliphatic heterocycles. The molecule has 0 fully saturated rings. The molecule has 0 radical (unpaired) electrons. The average Bonchev–Trinajstić information content (AvgIpc) is 3.00. The van der Waals surface area contributed by atoms with Crippen LogP contribution in [0.2, 0.25) is 5.02 Å². The van der Waals surface area contributed by atoms with Gasteiger partial charge in [0.05, 0.1) is 39.2 Å². The molecule has 2 unspecified atom stereocenters. The standard InChI is InChI=1S/C19H23ClN2O4S/c1-3-6-15(24)14(10-23)21-19(26)17-11(2)9-16(27-17)22-18(25)12-7-4-5-8-13(12)20/h4-5,7-9,14-15,23-24H,3,6,10H2,1-2H3,(H,21,26)(H,22,25). The van der Waals surface area contributed by atoms with E-state index in [0.717, 1.165) is 17.8 Å². The summed E-state index contributed by atoms with van der Waals surface area (Å²) in [5.74, 6) is -0.759. The van der Waals surface area contributed by atoms with Crippen LogP contribution in [-0.4, -0.2) is 40.8 Å². The second kappa shape index (κ2) is 9.85. The molecule has 2 rings (SSSR count). The van der Waals surface area contributed by atoms with E-state index in [-0.39, 0.29) is 12.5 Å². The fourth-order valence-corrected chi connectivity index (χ4v) is 3.78. The summed E-state index contributed by atoms with van der Waals surface area (Å²) in [6.45, 7) is 3.32. The van der Waals surface area contributed by atoms with Crippen LogP contribution in [0, 0.1) is 6.92 Å². The second-order valence-corrected chi connectivity index (χ2v) is 7.63. The molecule has 146 valence electrons. The van der Waals surface area contributed by atoms with Crippen LogP contribution in [0.25, 0.3) is 0 Å². The molecular weight excluding hydrogens is 388 g/mol. The van der Waals surface area contributed by atoms with Gasteiger partial charge in [-0.3, -0.25) is 9.59 Å². The zero-order valence-electron chi connectivity index (χ0n) is 15.2. The number of carbonyl (C=O) groups excluding carboxylic acids is 2. The molecule has 0 saturated heterocycles. The van der Waals surface area contributed by atoms with Crippen LogP contribution in [0.15, 0.2) is 30.3 Å². The van der Waals surface area contributed by atoms with Gasteiger partial charge in [-0.2, -0.15) is 0 Å². The van der Waals surface area contributed by atoms with Crippen LogP contribution in [0.4, 0.5) is 5.00 Å². The SMILES string of the molecule is CCCC(O)C(CO)NC(=O)c1sc(NC(=O)c2ccccc2Cl)cc1C. The molecular formula is C19H23ClN2O4S. The molecule has 1 aromatic heterocycles. The third-order valence-corrected chi connectivity index (χ3v) is 5.52. The Morgan fingerprint density at radius 1 is 1.26 bits per heavy atom. The predicted molar refractivity (Wildman–Crippen MR) is 108 cm³/mol. The highest BCUT2D eigenvalue weighted by atomic mass is 35.5. The number of hydrogen-bond donors (Lipinski definition) is 4. The number of aliphatic hydroxyl groups is 2. The Morgan fingerprint density at radius 2 is 1.96 bits per heavy atom. The van der Waals surface area contributed by atoms with Gasteiger partial charge in [0.25, 0.3) is 11.8 Å². The number of nitrogens with one attached hydrogen (secondary N) is 2. The molecule has 0 aliphatic carbocycles. The van der Waals surface area contributed by atoms with E-state index in [2.05, 4.69) is 10.6 Å². The molecule has 0 aliphatic rings. The zero-order valence-corrected chi connectivity index (χ0v) is 16.7. The van der Waals surface area contributed by atoms with Gasteiger partial charge in [-0.05, 0) is 37.1 Å². The Hall–Kier alpha value is -1.93. The van der Waals surface area contributed by atoms with E-state index in [4.69, 9.17) is 11.6 Å². The van der Waals surface area contributed by atoms with Gasteiger partial charge in [-0.15, -0.1) is 11.3 Å². The summed E-state index contributed by atoms with van der Waals surface area (Å²) in [6, 6.07) is 7.67. The number of thiophene rings is 1. The van der Waals surface area contributed by atoms with Gasteiger partial charge in [-0.25, -0.2) is 0 Å². The minimum atomic E-state index is -0.816. The lowest BCUT2D eigenvalue weighted by molar-refractivity contribution is 0.0672. The number of amides is 2. The van der Waals surface area contributed by atoms with Crippen molar-refractivity contribution >= 4 is 39.8 Å². The van der Waals surface area contributed by atoms with Gasteiger partial charge in [-0.1, -0.05) is 37.1 Å². The number of halogens is 1. The average molecular weight is 411 g/mol. The minimum absolute atomic E-state index is 0.344. The Morgan fingerprint density at radius 3 is 2.59 bits per heavy atom. The number of benzene rings is 1. The summed E-state index contributed by atoms with van der Waals surface area (Å²) in [7, 11) is 0. The van der Waals surface area contributed by atoms with E-state index in [0.29, 0.717) is 32.4 Å². The molecule has 8 heteroatoms. The van der Waals surface area contributed by atoms with E-state index in [1.54, 1.807) is 37.3 Å². The first-order valence-electron chi connectivity index (χ1n) is 8.63. The molecule has 1 aromatic carbocycles. The van der Waals surface area contributed by atoms with Crippen molar-refractivity contribution in [2.45, 2.75) is 38.8 Å². The van der Waals surface area contributed by atoms with Gasteiger partial charge in [0, 0.05) is 0 Å². The fourth-order valence-electron chi connectivity index (χ4n) is 2.59. The first-order valence-corrected chi connectivity index (χ1v) is 9.82. The number of aryl methyl sites for hydroxylation is 1. The number of carbonyl (C=O) groups is 2. The number of rotatable bonds is 8. The van der Waals surface area contributed by atoms with Crippen molar-refractivity contribution in [3.05, 3.63) is 51.4 Å². The second-order valence-electron chi connectivity index (χ2n) is 6.18. The lowest BCUT2D eigenvalue weighted by Crippen LogP contribution is -2.45. The summed E-state index contributed by atoms with van der Waals surface area (Å²) in [5, 5.41) is 25.7. The molecule has 0 bridgehead atoms. The summed E-state index contributed by atoms with van der Waals surface area (Å²) in [4.78, 5) is 25.3. The maximum atomic E-state index is 12.5. The first kappa shape index (κ1) is 21.4. The molecule has 6 nitrogen and oxygen atoms in total. The minimum Gasteiger partial charge on any atom is -0.394 e. The maximum Gasteiger partial charge on any atom is 0.262 e. The predicted octanol–water partition coefficient (Wildman–Crippen LogP) is 3.21. The van der Waals surface area contributed by atoms with E-state index < -0.39 is 18.1 Å². The van der Waals surface area contributed by atoms with Crippen LogP contribution in [0.5, 0.6) is 0 Å². The van der Waals surface area contributed by atoms with Crippen molar-refractivity contribution in [1.29, 1.82) is 0 Å². The molecule has 2 atom stereocenters. The summed E-state index contributed by atoms with van der Waals surface area (Å²) < 4.78 is 0. The van der Waals surface area contributed by atoms with Crippen LogP contribution in [0.1, 0.15) is 45.4 Å². The van der Waals surface area contributed by atoms with Crippen LogP contribution >= 0.6 is 22.9 Å². The van der Waals surface area contributed by atoms with Gasteiger partial charge < -0.3 is 20.8 Å². The van der Waals surface area contributed by atoms with Crippen molar-refractivity contribution in [2.75, 3.05) is 11.9 Å². The van der Waals surface area contributed by atoms with Gasteiger partial charge in [0.2, 0.25) is 0 Å². The lowest BCUT2D eigenvalue weighted by Gasteiger charge is -2.21. The number of anilines is 1. The lowest BCUT2D eigenvalue weighted by atomic mass is 10.1. The third kappa shape index (κ3) is 5.52. The van der Waals surface area contributed by atoms with Gasteiger partial charge in [0.15, 0.2) is 0 Å². The van der Waals surface area contributed by atoms with Crippen LogP contribution < -0.4 is 10.6 Å². The molecule has 2 aromatic rings. The summed E-state index contributed by atoms with van der Waals surface area (Å²) in [5.41, 5.74) is 1.04. The largest absolute Gasteiger partial charge is 0.394 e. The van der Waals surface area contributed by atoms with Crippen LogP contribution in [-0.2, 0) is 0 Å². The number of aliphatic hydroxyl groups excluding tert-OH is 2. The highest BCUT2D eigenvalue weighted by Crippen LogP contribution is 2.28. The maximum absolute atomic E-state index is 12.5. The topological polar surface area (TPSA) is 98.7 Å². The fraction of sp³-hybridized carbons (Fsp3) is 0.368. The summed E-state index contributed by atoms with van der Waals surface area (Å²) in [6.07, 6.45) is 0.404. The Labute approximate surface area is 167 Å². The van der Waals surface area contributed by atoms with E-state index in [1.807, 2.05) is 6.92 Å². The summed E-state index contributed by atoms with van der Waals surface area (Å²) >= 11 is 7.16.